The maximum absolute atomic E-state index is 12.3. The number of anilines is 1. The number of rotatable bonds is 4. The van der Waals surface area contributed by atoms with Crippen LogP contribution in [0.3, 0.4) is 0 Å². The molecule has 0 radical (unpaired) electrons. The molecule has 0 aliphatic carbocycles. The summed E-state index contributed by atoms with van der Waals surface area (Å²) < 4.78 is 10.5. The average molecular weight is 292 g/mol. The van der Waals surface area contributed by atoms with Gasteiger partial charge in [-0.15, -0.1) is 11.3 Å². The van der Waals surface area contributed by atoms with Crippen LogP contribution >= 0.6 is 11.3 Å². The lowest BCUT2D eigenvalue weighted by Crippen LogP contribution is -2.13. The SMILES string of the molecule is COc1cc(C(=O)Nc2nc(C)cs2)c(OC)cc1C. The molecule has 2 rings (SSSR count). The van der Waals surface area contributed by atoms with E-state index in [0.717, 1.165) is 11.3 Å². The van der Waals surface area contributed by atoms with Crippen LogP contribution in [-0.2, 0) is 0 Å². The maximum atomic E-state index is 12.3. The molecule has 0 spiro atoms. The smallest absolute Gasteiger partial charge is 0.261 e. The molecule has 0 unspecified atom stereocenters. The van der Waals surface area contributed by atoms with Crippen molar-refractivity contribution in [3.8, 4) is 11.5 Å². The molecule has 1 aromatic heterocycles. The van der Waals surface area contributed by atoms with Crippen molar-refractivity contribution < 1.29 is 14.3 Å². The summed E-state index contributed by atoms with van der Waals surface area (Å²) in [5, 5.41) is 5.20. The first kappa shape index (κ1) is 14.3. The van der Waals surface area contributed by atoms with Gasteiger partial charge < -0.3 is 9.47 Å². The lowest BCUT2D eigenvalue weighted by atomic mass is 10.1. The lowest BCUT2D eigenvalue weighted by Gasteiger charge is -2.12. The third-order valence-corrected chi connectivity index (χ3v) is 3.68. The highest BCUT2D eigenvalue weighted by Gasteiger charge is 2.16. The second kappa shape index (κ2) is 5.92. The van der Waals surface area contributed by atoms with E-state index in [1.807, 2.05) is 19.2 Å². The summed E-state index contributed by atoms with van der Waals surface area (Å²) in [6, 6.07) is 3.45. The first-order valence-corrected chi connectivity index (χ1v) is 6.89. The van der Waals surface area contributed by atoms with Gasteiger partial charge in [0.05, 0.1) is 25.5 Å². The zero-order chi connectivity index (χ0) is 14.7. The molecule has 0 atom stereocenters. The molecule has 1 aromatic carbocycles. The third kappa shape index (κ3) is 2.91. The third-order valence-electron chi connectivity index (χ3n) is 2.80. The highest BCUT2D eigenvalue weighted by Crippen LogP contribution is 2.29. The zero-order valence-electron chi connectivity index (χ0n) is 11.8. The monoisotopic (exact) mass is 292 g/mol. The first-order chi connectivity index (χ1) is 9.55. The molecule has 6 heteroatoms. The molecule has 106 valence electrons. The minimum absolute atomic E-state index is 0.269. The lowest BCUT2D eigenvalue weighted by molar-refractivity contribution is 0.102. The van der Waals surface area contributed by atoms with Crippen molar-refractivity contribution in [2.24, 2.45) is 0 Å². The number of hydrogen-bond donors (Lipinski definition) is 1. The molecule has 0 fully saturated rings. The molecule has 1 heterocycles. The number of ether oxygens (including phenoxy) is 2. The van der Waals surface area contributed by atoms with Crippen LogP contribution in [0.5, 0.6) is 11.5 Å². The fraction of sp³-hybridized carbons (Fsp3) is 0.286. The van der Waals surface area contributed by atoms with E-state index in [0.29, 0.717) is 22.2 Å². The van der Waals surface area contributed by atoms with E-state index < -0.39 is 0 Å². The van der Waals surface area contributed by atoms with Crippen LogP contribution in [0.15, 0.2) is 17.5 Å². The molecule has 0 aliphatic heterocycles. The second-order valence-electron chi connectivity index (χ2n) is 4.27. The van der Waals surface area contributed by atoms with E-state index in [2.05, 4.69) is 10.3 Å². The van der Waals surface area contributed by atoms with E-state index >= 15 is 0 Å². The summed E-state index contributed by atoms with van der Waals surface area (Å²) in [4.78, 5) is 16.5. The van der Waals surface area contributed by atoms with Gasteiger partial charge in [0.25, 0.3) is 5.91 Å². The van der Waals surface area contributed by atoms with Gasteiger partial charge in [0.2, 0.25) is 0 Å². The topological polar surface area (TPSA) is 60.5 Å². The fourth-order valence-electron chi connectivity index (χ4n) is 1.80. The van der Waals surface area contributed by atoms with Gasteiger partial charge in [0, 0.05) is 5.38 Å². The number of methoxy groups -OCH3 is 2. The number of carbonyl (C=O) groups is 1. The number of nitrogens with one attached hydrogen (secondary N) is 1. The van der Waals surface area contributed by atoms with Crippen molar-refractivity contribution in [1.29, 1.82) is 0 Å². The van der Waals surface area contributed by atoms with E-state index in [4.69, 9.17) is 9.47 Å². The van der Waals surface area contributed by atoms with Crippen LogP contribution in [-0.4, -0.2) is 25.1 Å². The zero-order valence-corrected chi connectivity index (χ0v) is 12.6. The standard InChI is InChI=1S/C14H16N2O3S/c1-8-5-12(19-4)10(6-11(8)18-3)13(17)16-14-15-9(2)7-20-14/h5-7H,1-4H3,(H,15,16,17). The summed E-state index contributed by atoms with van der Waals surface area (Å²) >= 11 is 1.38. The molecule has 0 saturated carbocycles. The summed E-state index contributed by atoms with van der Waals surface area (Å²) in [7, 11) is 3.10. The van der Waals surface area contributed by atoms with Gasteiger partial charge in [0.1, 0.15) is 11.5 Å². The quantitative estimate of drug-likeness (QED) is 0.941. The van der Waals surface area contributed by atoms with Crippen molar-refractivity contribution in [2.75, 3.05) is 19.5 Å². The van der Waals surface area contributed by atoms with Crippen LogP contribution in [0.2, 0.25) is 0 Å². The minimum Gasteiger partial charge on any atom is -0.496 e. The number of hydrogen-bond acceptors (Lipinski definition) is 5. The van der Waals surface area contributed by atoms with Crippen LogP contribution in [0.25, 0.3) is 0 Å². The Morgan fingerprint density at radius 2 is 1.90 bits per heavy atom. The number of benzene rings is 1. The Balaban J connectivity index is 2.32. The number of amides is 1. The van der Waals surface area contributed by atoms with E-state index in [1.54, 1.807) is 19.2 Å². The van der Waals surface area contributed by atoms with E-state index in [-0.39, 0.29) is 5.91 Å². The average Bonchev–Trinajstić information content (AvgIpc) is 2.83. The predicted molar refractivity (Wildman–Crippen MR) is 79.1 cm³/mol. The Hall–Kier alpha value is -2.08. The van der Waals surface area contributed by atoms with Gasteiger partial charge >= 0.3 is 0 Å². The van der Waals surface area contributed by atoms with Crippen molar-refractivity contribution >= 4 is 22.4 Å². The summed E-state index contributed by atoms with van der Waals surface area (Å²) in [6.45, 7) is 3.77. The van der Waals surface area contributed by atoms with Gasteiger partial charge in [-0.05, 0) is 31.5 Å². The highest BCUT2D eigenvalue weighted by atomic mass is 32.1. The second-order valence-corrected chi connectivity index (χ2v) is 5.13. The van der Waals surface area contributed by atoms with Gasteiger partial charge in [-0.2, -0.15) is 0 Å². The number of thiazole rings is 1. The van der Waals surface area contributed by atoms with E-state index in [1.165, 1.54) is 18.4 Å². The summed E-state index contributed by atoms with van der Waals surface area (Å²) in [6.07, 6.45) is 0. The Morgan fingerprint density at radius 3 is 2.45 bits per heavy atom. The molecule has 0 bridgehead atoms. The maximum Gasteiger partial charge on any atom is 0.261 e. The molecule has 1 amide bonds. The molecule has 0 saturated heterocycles. The van der Waals surface area contributed by atoms with E-state index in [9.17, 15) is 4.79 Å². The molecule has 2 aromatic rings. The number of nitrogens with zero attached hydrogens (tertiary/aromatic N) is 1. The Kier molecular flexibility index (Phi) is 4.24. The molecular weight excluding hydrogens is 276 g/mol. The Bertz CT molecular complexity index is 637. The Morgan fingerprint density at radius 1 is 1.20 bits per heavy atom. The van der Waals surface area contributed by atoms with Crippen molar-refractivity contribution in [3.05, 3.63) is 34.3 Å². The number of aryl methyl sites for hydroxylation is 2. The molecular formula is C14H16N2O3S. The molecule has 0 aliphatic rings. The minimum atomic E-state index is -0.269. The van der Waals surface area contributed by atoms with Gasteiger partial charge in [-0.3, -0.25) is 10.1 Å². The Labute approximate surface area is 121 Å². The van der Waals surface area contributed by atoms with Crippen LogP contribution in [0.4, 0.5) is 5.13 Å². The summed E-state index contributed by atoms with van der Waals surface area (Å²) in [5.74, 6) is 0.884. The number of aromatic nitrogens is 1. The summed E-state index contributed by atoms with van der Waals surface area (Å²) in [5.41, 5.74) is 2.20. The number of carbonyl (C=O) groups excluding carboxylic acids is 1. The highest BCUT2D eigenvalue weighted by molar-refractivity contribution is 7.13. The van der Waals surface area contributed by atoms with Gasteiger partial charge in [-0.25, -0.2) is 4.98 Å². The first-order valence-electron chi connectivity index (χ1n) is 6.01. The van der Waals surface area contributed by atoms with Crippen molar-refractivity contribution in [2.45, 2.75) is 13.8 Å². The van der Waals surface area contributed by atoms with Crippen LogP contribution < -0.4 is 14.8 Å². The predicted octanol–water partition coefficient (Wildman–Crippen LogP) is 3.03. The molecule has 5 nitrogen and oxygen atoms in total. The fourth-order valence-corrected chi connectivity index (χ4v) is 2.49. The molecule has 1 N–H and O–H groups in total. The normalized spacial score (nSPS) is 10.2. The van der Waals surface area contributed by atoms with Crippen molar-refractivity contribution in [3.63, 3.8) is 0 Å². The largest absolute Gasteiger partial charge is 0.496 e. The van der Waals surface area contributed by atoms with Gasteiger partial charge in [-0.1, -0.05) is 0 Å². The van der Waals surface area contributed by atoms with Crippen LogP contribution in [0.1, 0.15) is 21.6 Å². The van der Waals surface area contributed by atoms with Gasteiger partial charge in [0.15, 0.2) is 5.13 Å². The van der Waals surface area contributed by atoms with Crippen molar-refractivity contribution in [1.82, 2.24) is 4.98 Å². The molecule has 20 heavy (non-hydrogen) atoms. The van der Waals surface area contributed by atoms with Crippen LogP contribution in [0, 0.1) is 13.8 Å².